The van der Waals surface area contributed by atoms with Gasteiger partial charge in [-0.15, -0.1) is 0 Å². The highest BCUT2D eigenvalue weighted by Gasteiger charge is 2.44. The van der Waals surface area contributed by atoms with Crippen LogP contribution in [0.1, 0.15) is 46.7 Å². The molecule has 0 bridgehead atoms. The fraction of sp³-hybridized carbons (Fsp3) is 0.367. The van der Waals surface area contributed by atoms with Crippen molar-refractivity contribution < 1.29 is 9.00 Å². The summed E-state index contributed by atoms with van der Waals surface area (Å²) in [5, 5.41) is 1.07. The second-order valence-electron chi connectivity index (χ2n) is 10.3. The molecule has 2 heterocycles. The Kier molecular flexibility index (Phi) is 8.06. The van der Waals surface area contributed by atoms with Crippen molar-refractivity contribution >= 4 is 39.9 Å². The number of halogens is 2. The highest BCUT2D eigenvalue weighted by Crippen LogP contribution is 2.45. The fourth-order valence-electron chi connectivity index (χ4n) is 5.81. The van der Waals surface area contributed by atoms with Gasteiger partial charge in [0, 0.05) is 41.1 Å². The predicted molar refractivity (Wildman–Crippen MR) is 152 cm³/mol. The first-order valence-corrected chi connectivity index (χ1v) is 14.9. The Morgan fingerprint density at radius 1 is 1.00 bits per heavy atom. The molecule has 2 atom stereocenters. The lowest BCUT2D eigenvalue weighted by atomic mass is 9.74. The fourth-order valence-corrected chi connectivity index (χ4v) is 7.98. The molecule has 1 saturated heterocycles. The third-order valence-electron chi connectivity index (χ3n) is 7.99. The van der Waals surface area contributed by atoms with E-state index in [0.29, 0.717) is 22.2 Å². The van der Waals surface area contributed by atoms with Crippen LogP contribution in [0.4, 0.5) is 0 Å². The quantitative estimate of drug-likeness (QED) is 0.339. The average molecular weight is 556 g/mol. The Morgan fingerprint density at radius 3 is 2.43 bits per heavy atom. The van der Waals surface area contributed by atoms with E-state index in [0.717, 1.165) is 55.1 Å². The van der Waals surface area contributed by atoms with Gasteiger partial charge in [-0.05, 0) is 80.4 Å². The third kappa shape index (κ3) is 5.65. The largest absolute Gasteiger partial charge is 0.341 e. The van der Waals surface area contributed by atoms with Crippen molar-refractivity contribution in [3.8, 4) is 0 Å². The Hall–Kier alpha value is -2.18. The van der Waals surface area contributed by atoms with E-state index in [-0.39, 0.29) is 17.2 Å². The SMILES string of the molecule is CN(C[C@@H](CCN1CCC2(CC1)CS(=O)c1ccccc12)c1ccc(Cl)c(Cl)c1)C(=O)c1ccccc1. The average Bonchev–Trinajstić information content (AvgIpc) is 3.20. The number of hydrogen-bond donors (Lipinski definition) is 0. The van der Waals surface area contributed by atoms with Gasteiger partial charge in [0.15, 0.2) is 0 Å². The van der Waals surface area contributed by atoms with Crippen molar-refractivity contribution in [3.63, 3.8) is 0 Å². The molecule has 37 heavy (non-hydrogen) atoms. The van der Waals surface area contributed by atoms with E-state index < -0.39 is 10.8 Å². The normalized spacial score (nSPS) is 19.5. The molecule has 3 aromatic rings. The molecule has 0 aromatic heterocycles. The summed E-state index contributed by atoms with van der Waals surface area (Å²) < 4.78 is 12.7. The smallest absolute Gasteiger partial charge is 0.253 e. The number of amides is 1. The summed E-state index contributed by atoms with van der Waals surface area (Å²) in [5.74, 6) is 0.889. The molecule has 1 amide bonds. The van der Waals surface area contributed by atoms with Crippen LogP contribution in [0.5, 0.6) is 0 Å². The Labute approximate surface area is 232 Å². The second kappa shape index (κ2) is 11.3. The van der Waals surface area contributed by atoms with Crippen LogP contribution in [0.15, 0.2) is 77.7 Å². The van der Waals surface area contributed by atoms with Crippen molar-refractivity contribution in [1.29, 1.82) is 0 Å². The van der Waals surface area contributed by atoms with Crippen molar-refractivity contribution in [2.75, 3.05) is 39.0 Å². The van der Waals surface area contributed by atoms with Gasteiger partial charge in [-0.25, -0.2) is 0 Å². The number of likely N-dealkylation sites (tertiary alicyclic amines) is 1. The van der Waals surface area contributed by atoms with E-state index in [2.05, 4.69) is 17.0 Å². The Balaban J connectivity index is 1.26. The van der Waals surface area contributed by atoms with Gasteiger partial charge in [0.1, 0.15) is 0 Å². The number of piperidine rings is 1. The summed E-state index contributed by atoms with van der Waals surface area (Å²) in [5.41, 5.74) is 3.12. The van der Waals surface area contributed by atoms with Crippen LogP contribution in [-0.2, 0) is 16.2 Å². The third-order valence-corrected chi connectivity index (χ3v) is 10.4. The lowest BCUT2D eigenvalue weighted by Gasteiger charge is -2.40. The highest BCUT2D eigenvalue weighted by atomic mass is 35.5. The number of hydrogen-bond acceptors (Lipinski definition) is 3. The lowest BCUT2D eigenvalue weighted by Crippen LogP contribution is -2.44. The Morgan fingerprint density at radius 2 is 1.70 bits per heavy atom. The number of nitrogens with zero attached hydrogens (tertiary/aromatic N) is 2. The predicted octanol–water partition coefficient (Wildman–Crippen LogP) is 6.39. The number of likely N-dealkylation sites (N-methyl/N-ethyl adjacent to an activating group) is 1. The van der Waals surface area contributed by atoms with Gasteiger partial charge >= 0.3 is 0 Å². The van der Waals surface area contributed by atoms with E-state index in [1.807, 2.05) is 67.7 Å². The molecular weight excluding hydrogens is 523 g/mol. The number of carbonyl (C=O) groups excluding carboxylic acids is 1. The molecule has 1 unspecified atom stereocenters. The van der Waals surface area contributed by atoms with Gasteiger partial charge in [-0.1, -0.05) is 65.7 Å². The summed E-state index contributed by atoms with van der Waals surface area (Å²) in [4.78, 5) is 18.4. The van der Waals surface area contributed by atoms with E-state index in [1.54, 1.807) is 4.90 Å². The molecule has 194 valence electrons. The minimum Gasteiger partial charge on any atom is -0.341 e. The number of carbonyl (C=O) groups is 1. The van der Waals surface area contributed by atoms with Crippen LogP contribution in [0.3, 0.4) is 0 Å². The number of benzene rings is 3. The molecule has 5 rings (SSSR count). The first-order chi connectivity index (χ1) is 17.9. The van der Waals surface area contributed by atoms with Gasteiger partial charge in [-0.3, -0.25) is 9.00 Å². The number of fused-ring (bicyclic) bond motifs is 2. The first kappa shape index (κ1) is 26.4. The second-order valence-corrected chi connectivity index (χ2v) is 12.6. The van der Waals surface area contributed by atoms with E-state index >= 15 is 0 Å². The molecule has 0 radical (unpaired) electrons. The zero-order valence-electron chi connectivity index (χ0n) is 21.0. The van der Waals surface area contributed by atoms with Gasteiger partial charge in [0.25, 0.3) is 5.91 Å². The maximum atomic E-state index is 13.1. The van der Waals surface area contributed by atoms with E-state index in [9.17, 15) is 9.00 Å². The summed E-state index contributed by atoms with van der Waals surface area (Å²) in [6, 6.07) is 23.5. The highest BCUT2D eigenvalue weighted by molar-refractivity contribution is 7.85. The molecule has 2 aliphatic heterocycles. The zero-order valence-corrected chi connectivity index (χ0v) is 23.4. The number of rotatable bonds is 7. The van der Waals surface area contributed by atoms with Crippen LogP contribution in [-0.4, -0.2) is 58.9 Å². The molecule has 3 aromatic carbocycles. The molecule has 1 fully saturated rings. The maximum absolute atomic E-state index is 13.1. The standard InChI is InChI=1S/C30H32Cl2N2O2S/c1-33(29(35)22-7-3-2-4-8-22)20-24(23-11-12-26(31)27(32)19-23)13-16-34-17-14-30(15-18-34)21-37(36)28-10-6-5-9-25(28)30/h2-12,19,24H,13-18,20-21H2,1H3/t24-,37?/m1/s1. The van der Waals surface area contributed by atoms with Crippen LogP contribution < -0.4 is 0 Å². The van der Waals surface area contributed by atoms with Crippen molar-refractivity contribution in [3.05, 3.63) is 99.5 Å². The van der Waals surface area contributed by atoms with Crippen LogP contribution in [0.2, 0.25) is 10.0 Å². The van der Waals surface area contributed by atoms with E-state index in [4.69, 9.17) is 23.2 Å². The molecule has 0 N–H and O–H groups in total. The lowest BCUT2D eigenvalue weighted by molar-refractivity contribution is 0.0780. The molecule has 0 saturated carbocycles. The summed E-state index contributed by atoms with van der Waals surface area (Å²) in [6.07, 6.45) is 2.96. The van der Waals surface area contributed by atoms with Gasteiger partial charge < -0.3 is 9.80 Å². The summed E-state index contributed by atoms with van der Waals surface area (Å²) in [6.45, 7) is 3.49. The van der Waals surface area contributed by atoms with Crippen LogP contribution in [0, 0.1) is 0 Å². The van der Waals surface area contributed by atoms with Gasteiger partial charge in [0.2, 0.25) is 0 Å². The minimum absolute atomic E-state index is 0.0125. The van der Waals surface area contributed by atoms with Crippen LogP contribution in [0.25, 0.3) is 0 Å². The maximum Gasteiger partial charge on any atom is 0.253 e. The first-order valence-electron chi connectivity index (χ1n) is 12.8. The molecular formula is C30H32Cl2N2O2S. The summed E-state index contributed by atoms with van der Waals surface area (Å²) in [7, 11) is 0.971. The van der Waals surface area contributed by atoms with E-state index in [1.165, 1.54) is 5.56 Å². The molecule has 1 spiro atoms. The van der Waals surface area contributed by atoms with Gasteiger partial charge in [0.05, 0.1) is 20.8 Å². The zero-order chi connectivity index (χ0) is 26.0. The van der Waals surface area contributed by atoms with Crippen molar-refractivity contribution in [2.45, 2.75) is 35.5 Å². The van der Waals surface area contributed by atoms with Gasteiger partial charge in [-0.2, -0.15) is 0 Å². The van der Waals surface area contributed by atoms with Crippen LogP contribution >= 0.6 is 23.2 Å². The van der Waals surface area contributed by atoms with Crippen molar-refractivity contribution in [2.24, 2.45) is 0 Å². The topological polar surface area (TPSA) is 40.6 Å². The minimum atomic E-state index is -0.893. The summed E-state index contributed by atoms with van der Waals surface area (Å²) >= 11 is 12.6. The molecule has 2 aliphatic rings. The monoisotopic (exact) mass is 554 g/mol. The molecule has 7 heteroatoms. The van der Waals surface area contributed by atoms with Crippen molar-refractivity contribution in [1.82, 2.24) is 9.80 Å². The Bertz CT molecular complexity index is 1290. The molecule has 0 aliphatic carbocycles. The molecule has 4 nitrogen and oxygen atoms in total.